The van der Waals surface area contributed by atoms with Gasteiger partial charge in [0.15, 0.2) is 12.6 Å². The molecule has 0 aromatic rings. The van der Waals surface area contributed by atoms with Crippen LogP contribution in [0.1, 0.15) is 99.8 Å². The molecule has 7 fully saturated rings. The van der Waals surface area contributed by atoms with Crippen LogP contribution in [0.15, 0.2) is 12.2 Å². The van der Waals surface area contributed by atoms with Gasteiger partial charge in [0.25, 0.3) is 0 Å². The van der Waals surface area contributed by atoms with Gasteiger partial charge in [0.1, 0.15) is 42.7 Å². The van der Waals surface area contributed by atoms with E-state index in [4.69, 9.17) is 23.7 Å². The quantitative estimate of drug-likeness (QED) is 0.143. The predicted molar refractivity (Wildman–Crippen MR) is 197 cm³/mol. The highest BCUT2D eigenvalue weighted by Crippen LogP contribution is 2.79. The summed E-state index contributed by atoms with van der Waals surface area (Å²) in [4.78, 5) is 0. The molecule has 0 aromatic carbocycles. The molecule has 8 aliphatic rings. The van der Waals surface area contributed by atoms with E-state index in [0.29, 0.717) is 19.4 Å². The molecule has 13 nitrogen and oxygen atoms in total. The number of fused-ring (bicyclic) bond motifs is 4. The first kappa shape index (κ1) is 41.0. The van der Waals surface area contributed by atoms with Gasteiger partial charge in [-0.15, -0.1) is 0 Å². The van der Waals surface area contributed by atoms with Crippen LogP contribution in [0.25, 0.3) is 0 Å². The maximum Gasteiger partial charge on any atom is 0.187 e. The van der Waals surface area contributed by atoms with Crippen molar-refractivity contribution in [3.05, 3.63) is 12.2 Å². The summed E-state index contributed by atoms with van der Waals surface area (Å²) < 4.78 is 31.2. The summed E-state index contributed by atoms with van der Waals surface area (Å²) in [5.41, 5.74) is -1.90. The first-order valence-electron chi connectivity index (χ1n) is 20.9. The zero-order chi connectivity index (χ0) is 39.9. The molecule has 2 bridgehead atoms. The Labute approximate surface area is 325 Å². The van der Waals surface area contributed by atoms with Crippen LogP contribution in [0.2, 0.25) is 0 Å². The van der Waals surface area contributed by atoms with Gasteiger partial charge >= 0.3 is 0 Å². The van der Waals surface area contributed by atoms with Crippen molar-refractivity contribution < 1.29 is 64.5 Å². The van der Waals surface area contributed by atoms with Gasteiger partial charge in [-0.2, -0.15) is 0 Å². The van der Waals surface area contributed by atoms with Crippen molar-refractivity contribution in [1.82, 2.24) is 0 Å². The van der Waals surface area contributed by atoms with Crippen molar-refractivity contribution in [3.8, 4) is 0 Å². The van der Waals surface area contributed by atoms with Crippen molar-refractivity contribution in [2.24, 2.45) is 50.2 Å². The summed E-state index contributed by atoms with van der Waals surface area (Å²) in [5, 5.41) is 87.0. The summed E-state index contributed by atoms with van der Waals surface area (Å²) in [6.45, 7) is 15.4. The Balaban J connectivity index is 1.05. The van der Waals surface area contributed by atoms with Crippen molar-refractivity contribution in [2.75, 3.05) is 19.8 Å². The highest BCUT2D eigenvalue weighted by Gasteiger charge is 2.79. The van der Waals surface area contributed by atoms with Gasteiger partial charge in [-0.25, -0.2) is 0 Å². The number of aliphatic hydroxyl groups is 8. The van der Waals surface area contributed by atoms with Crippen molar-refractivity contribution in [3.63, 3.8) is 0 Å². The lowest BCUT2D eigenvalue weighted by molar-refractivity contribution is -0.367. The molecule has 3 saturated heterocycles. The van der Waals surface area contributed by atoms with E-state index < -0.39 is 91.2 Å². The second-order valence-electron chi connectivity index (χ2n) is 21.0. The second-order valence-corrected chi connectivity index (χ2v) is 21.0. The largest absolute Gasteiger partial charge is 0.396 e. The number of ether oxygens (including phenoxy) is 5. The highest BCUT2D eigenvalue weighted by atomic mass is 16.7. The molecule has 314 valence electrons. The molecule has 8 rings (SSSR count). The van der Waals surface area contributed by atoms with E-state index >= 15 is 0 Å². The molecular formula is C42H68O13. The molecule has 0 unspecified atom stereocenters. The summed E-state index contributed by atoms with van der Waals surface area (Å²) in [7, 11) is 0. The van der Waals surface area contributed by atoms with Gasteiger partial charge in [0, 0.05) is 22.2 Å². The Morgan fingerprint density at radius 2 is 1.44 bits per heavy atom. The summed E-state index contributed by atoms with van der Waals surface area (Å²) in [6.07, 6.45) is -3.39. The van der Waals surface area contributed by atoms with Crippen molar-refractivity contribution in [2.45, 2.75) is 179 Å². The Morgan fingerprint density at radius 1 is 0.727 bits per heavy atom. The standard InChI is InChI=1S/C42H68O13/c1-21-28(46)33(55-34-31(49)30(48)29(47)22(18-43)53-34)32(50)35(52-21)54-27-10-11-37(4)23(38(27,5)19-44)8-12-39(6)24(37)9-13-42-25-16-36(2,3)14-15-41(25,20-51-42)26(45)17-40(39,42)7/h9,13,21-35,43-50H,8,10-12,14-20H2,1-7H3/t21-,22+,23+,24+,25+,26-,27-,28-,29+,30-,31+,32+,33-,34-,35-,37-,38-,39+,40-,41+,42+/m0/s1. The smallest absolute Gasteiger partial charge is 0.187 e. The van der Waals surface area contributed by atoms with Gasteiger partial charge in [-0.3, -0.25) is 0 Å². The highest BCUT2D eigenvalue weighted by molar-refractivity contribution is 5.36. The molecule has 55 heavy (non-hydrogen) atoms. The van der Waals surface area contributed by atoms with E-state index in [2.05, 4.69) is 53.7 Å². The molecule has 5 aliphatic carbocycles. The lowest BCUT2D eigenvalue weighted by atomic mass is 9.32. The Hall–Kier alpha value is -0.780. The van der Waals surface area contributed by atoms with E-state index in [0.717, 1.165) is 38.5 Å². The van der Waals surface area contributed by atoms with Gasteiger partial charge in [0.2, 0.25) is 0 Å². The molecule has 0 aromatic heterocycles. The van der Waals surface area contributed by atoms with Gasteiger partial charge in [0.05, 0.1) is 43.7 Å². The number of allylic oxidation sites excluding steroid dienone is 1. The fourth-order valence-electron chi connectivity index (χ4n) is 14.3. The summed E-state index contributed by atoms with van der Waals surface area (Å²) >= 11 is 0. The minimum absolute atomic E-state index is 0.0414. The fraction of sp³-hybridized carbons (Fsp3) is 0.952. The van der Waals surface area contributed by atoms with E-state index in [-0.39, 0.29) is 51.4 Å². The predicted octanol–water partition coefficient (Wildman–Crippen LogP) is 1.78. The third-order valence-corrected chi connectivity index (χ3v) is 17.9. The van der Waals surface area contributed by atoms with Crippen LogP contribution in [0, 0.1) is 50.2 Å². The summed E-state index contributed by atoms with van der Waals surface area (Å²) in [5.74, 6) is 0.449. The average Bonchev–Trinajstić information content (AvgIpc) is 3.41. The minimum Gasteiger partial charge on any atom is -0.396 e. The maximum atomic E-state index is 12.1. The first-order valence-corrected chi connectivity index (χ1v) is 20.9. The Kier molecular flexibility index (Phi) is 9.95. The van der Waals surface area contributed by atoms with E-state index in [1.807, 2.05) is 0 Å². The summed E-state index contributed by atoms with van der Waals surface area (Å²) in [6, 6.07) is 0. The SMILES string of the molecule is C[C@@H]1O[C@@H](O[C@H]2CC[C@@]3(C)[C@@H](CC[C@]4(C)[C@@H]3C=C[C@@]35OC[C@@]6(CCC(C)(C)C[C@H]63)[C@@H](O)C[C@@]45C)[C@]2(C)CO)[C@H](O)[C@@H](O[C@@H]2O[C@H](CO)[C@@H](O)[C@H](O)[C@H]2O)[C@H]1O. The maximum absolute atomic E-state index is 12.1. The number of hydrogen-bond donors (Lipinski definition) is 8. The third kappa shape index (κ3) is 5.44. The number of hydrogen-bond acceptors (Lipinski definition) is 13. The lowest BCUT2D eigenvalue weighted by Crippen LogP contribution is -2.72. The molecule has 21 atom stereocenters. The normalized spacial score (nSPS) is 59.7. The van der Waals surface area contributed by atoms with E-state index in [1.54, 1.807) is 6.92 Å². The van der Waals surface area contributed by atoms with Gasteiger partial charge in [-0.05, 0) is 86.4 Å². The van der Waals surface area contributed by atoms with Crippen LogP contribution >= 0.6 is 0 Å². The fourth-order valence-corrected chi connectivity index (χ4v) is 14.3. The third-order valence-electron chi connectivity index (χ3n) is 17.9. The minimum atomic E-state index is -1.72. The Morgan fingerprint density at radius 3 is 2.13 bits per heavy atom. The Bertz CT molecular complexity index is 1490. The van der Waals surface area contributed by atoms with Crippen LogP contribution in [0.3, 0.4) is 0 Å². The van der Waals surface area contributed by atoms with Gasteiger partial charge in [-0.1, -0.05) is 53.7 Å². The van der Waals surface area contributed by atoms with Gasteiger partial charge < -0.3 is 64.5 Å². The van der Waals surface area contributed by atoms with Crippen molar-refractivity contribution >= 4 is 0 Å². The first-order chi connectivity index (χ1) is 25.7. The molecule has 13 heteroatoms. The molecule has 1 spiro atoms. The number of rotatable bonds is 6. The second kappa shape index (κ2) is 13.4. The molecule has 0 amide bonds. The molecule has 0 radical (unpaired) electrons. The zero-order valence-corrected chi connectivity index (χ0v) is 33.7. The lowest BCUT2D eigenvalue weighted by Gasteiger charge is -2.73. The molecular weight excluding hydrogens is 712 g/mol. The molecule has 4 saturated carbocycles. The van der Waals surface area contributed by atoms with Crippen LogP contribution in [0.5, 0.6) is 0 Å². The monoisotopic (exact) mass is 780 g/mol. The zero-order valence-electron chi connectivity index (χ0n) is 33.7. The molecule has 3 aliphatic heterocycles. The molecule has 8 N–H and O–H groups in total. The van der Waals surface area contributed by atoms with E-state index in [9.17, 15) is 40.9 Å². The van der Waals surface area contributed by atoms with Crippen LogP contribution in [-0.4, -0.2) is 140 Å². The van der Waals surface area contributed by atoms with Crippen LogP contribution in [-0.2, 0) is 23.7 Å². The average molecular weight is 781 g/mol. The topological polar surface area (TPSA) is 208 Å². The molecule has 3 heterocycles. The van der Waals surface area contributed by atoms with Crippen LogP contribution in [0.4, 0.5) is 0 Å². The van der Waals surface area contributed by atoms with E-state index in [1.165, 1.54) is 0 Å². The van der Waals surface area contributed by atoms with Crippen LogP contribution < -0.4 is 0 Å². The number of aliphatic hydroxyl groups excluding tert-OH is 8. The van der Waals surface area contributed by atoms with Crippen molar-refractivity contribution in [1.29, 1.82) is 0 Å².